The lowest BCUT2D eigenvalue weighted by Gasteiger charge is -2.36. The molecular weight excluding hydrogens is 545 g/mol. The molecule has 1 heterocycles. The average Bonchev–Trinajstić information content (AvgIpc) is 3.25. The first kappa shape index (κ1) is 30.7. The molecule has 0 spiro atoms. The molecule has 5 N–H and O–H groups in total. The van der Waals surface area contributed by atoms with Crippen molar-refractivity contribution in [3.63, 3.8) is 0 Å². The van der Waals surface area contributed by atoms with Crippen LogP contribution in [0.5, 0.6) is 5.75 Å². The van der Waals surface area contributed by atoms with Crippen LogP contribution in [-0.2, 0) is 9.59 Å². The van der Waals surface area contributed by atoms with Gasteiger partial charge in [0.1, 0.15) is 5.75 Å². The van der Waals surface area contributed by atoms with E-state index in [1.54, 1.807) is 18.2 Å². The Morgan fingerprint density at radius 1 is 1.05 bits per heavy atom. The molecule has 0 bridgehead atoms. The number of imide groups is 1. The predicted octanol–water partition coefficient (Wildman–Crippen LogP) is 3.68. The number of aliphatic hydroxyl groups is 2. The highest BCUT2D eigenvalue weighted by Crippen LogP contribution is 2.48. The highest BCUT2D eigenvalue weighted by Gasteiger charge is 2.55. The monoisotopic (exact) mass is 583 g/mol. The van der Waals surface area contributed by atoms with Crippen LogP contribution in [0, 0.1) is 17.8 Å². The van der Waals surface area contributed by atoms with Gasteiger partial charge in [-0.1, -0.05) is 73.0 Å². The number of rotatable bonds is 10. The van der Waals surface area contributed by atoms with E-state index in [4.69, 9.17) is 0 Å². The lowest BCUT2D eigenvalue weighted by molar-refractivity contribution is -0.123. The Bertz CT molecular complexity index is 1600. The number of allylic oxidation sites excluding steroid dienone is 2. The molecule has 5 rings (SSSR count). The van der Waals surface area contributed by atoms with E-state index in [2.05, 4.69) is 0 Å². The van der Waals surface area contributed by atoms with E-state index in [0.717, 1.165) is 38.8 Å². The summed E-state index contributed by atoms with van der Waals surface area (Å²) in [5.41, 5.74) is 4.00. The number of benzene rings is 3. The smallest absolute Gasteiger partial charge is 0.488 e. The number of phenolic OH excluding ortho intramolecular Hbond substituents is 1. The van der Waals surface area contributed by atoms with E-state index in [1.807, 2.05) is 50.3 Å². The summed E-state index contributed by atoms with van der Waals surface area (Å²) in [4.78, 5) is 28.5. The number of carbonyl (C=O) groups excluding carboxylic acids is 2. The van der Waals surface area contributed by atoms with Crippen molar-refractivity contribution in [1.82, 2.24) is 0 Å². The first-order valence-electron chi connectivity index (χ1n) is 14.9. The Kier molecular flexibility index (Phi) is 9.18. The summed E-state index contributed by atoms with van der Waals surface area (Å²) in [6, 6.07) is 17.2. The summed E-state index contributed by atoms with van der Waals surface area (Å²) >= 11 is 0. The molecule has 0 saturated carbocycles. The number of hydrogen-bond acceptors (Lipinski definition) is 7. The van der Waals surface area contributed by atoms with E-state index in [1.165, 1.54) is 12.1 Å². The molecule has 43 heavy (non-hydrogen) atoms. The fraction of sp³-hybridized carbons (Fsp3) is 0.353. The third kappa shape index (κ3) is 5.90. The number of aliphatic hydroxyl groups excluding tert-OH is 2. The minimum atomic E-state index is -1.75. The molecule has 4 atom stereocenters. The van der Waals surface area contributed by atoms with Gasteiger partial charge in [-0.15, -0.1) is 0 Å². The van der Waals surface area contributed by atoms with Crippen molar-refractivity contribution in [2.75, 3.05) is 11.5 Å². The molecule has 224 valence electrons. The van der Waals surface area contributed by atoms with E-state index < -0.39 is 36.9 Å². The van der Waals surface area contributed by atoms with Gasteiger partial charge in [-0.3, -0.25) is 14.5 Å². The Balaban J connectivity index is 1.40. The highest BCUT2D eigenvalue weighted by molar-refractivity contribution is 6.58. The quantitative estimate of drug-likeness (QED) is 0.139. The van der Waals surface area contributed by atoms with E-state index in [9.17, 15) is 35.0 Å². The number of carbonyl (C=O) groups is 2. The SMILES string of the molecule is CCCC1=C([C@H](O)CC/C(C)=C/c2ccc(O)c3ccccc23)[C@H](CO)[C@@H]2C(=O)N(c3cccc(B(O)O)c3)C(=O)[C@@H]2C1. The molecule has 3 aromatic rings. The normalized spacial score (nSPS) is 21.5. The summed E-state index contributed by atoms with van der Waals surface area (Å²) in [6.45, 7) is 3.63. The number of amides is 2. The molecule has 0 unspecified atom stereocenters. The summed E-state index contributed by atoms with van der Waals surface area (Å²) in [7, 11) is -1.75. The van der Waals surface area contributed by atoms with Gasteiger partial charge < -0.3 is 25.4 Å². The Labute approximate surface area is 251 Å². The molecule has 1 aliphatic carbocycles. The van der Waals surface area contributed by atoms with Crippen LogP contribution >= 0.6 is 0 Å². The van der Waals surface area contributed by atoms with Crippen molar-refractivity contribution in [2.24, 2.45) is 17.8 Å². The fourth-order valence-electron chi connectivity index (χ4n) is 6.87. The molecular formula is C34H38BNO7. The third-order valence-electron chi connectivity index (χ3n) is 8.87. The van der Waals surface area contributed by atoms with E-state index in [0.29, 0.717) is 31.3 Å². The van der Waals surface area contributed by atoms with Gasteiger partial charge in [0.05, 0.1) is 30.2 Å². The fourth-order valence-corrected chi connectivity index (χ4v) is 6.87. The summed E-state index contributed by atoms with van der Waals surface area (Å²) in [6.07, 6.45) is 3.87. The van der Waals surface area contributed by atoms with Crippen LogP contribution in [0.4, 0.5) is 5.69 Å². The molecule has 0 aromatic heterocycles. The van der Waals surface area contributed by atoms with Gasteiger partial charge >= 0.3 is 7.12 Å². The van der Waals surface area contributed by atoms with Crippen molar-refractivity contribution in [2.45, 2.75) is 52.1 Å². The average molecular weight is 583 g/mol. The van der Waals surface area contributed by atoms with E-state index in [-0.39, 0.29) is 29.4 Å². The summed E-state index contributed by atoms with van der Waals surface area (Å²) in [5, 5.41) is 53.3. The van der Waals surface area contributed by atoms with Gasteiger partial charge in [-0.25, -0.2) is 0 Å². The number of phenols is 1. The maximum Gasteiger partial charge on any atom is 0.488 e. The van der Waals surface area contributed by atoms with Gasteiger partial charge in [0.15, 0.2) is 0 Å². The predicted molar refractivity (Wildman–Crippen MR) is 167 cm³/mol. The molecule has 8 nitrogen and oxygen atoms in total. The number of anilines is 1. The maximum atomic E-state index is 13.8. The Hall–Kier alpha value is -3.76. The van der Waals surface area contributed by atoms with Crippen LogP contribution in [0.2, 0.25) is 0 Å². The zero-order valence-electron chi connectivity index (χ0n) is 24.5. The second-order valence-electron chi connectivity index (χ2n) is 11.7. The van der Waals surface area contributed by atoms with Gasteiger partial charge in [-0.05, 0) is 72.8 Å². The van der Waals surface area contributed by atoms with Crippen molar-refractivity contribution in [3.8, 4) is 5.75 Å². The minimum Gasteiger partial charge on any atom is -0.507 e. The van der Waals surface area contributed by atoms with Crippen LogP contribution in [0.15, 0.2) is 77.4 Å². The van der Waals surface area contributed by atoms with Gasteiger partial charge in [0, 0.05) is 11.3 Å². The maximum absolute atomic E-state index is 13.8. The third-order valence-corrected chi connectivity index (χ3v) is 8.87. The highest BCUT2D eigenvalue weighted by atomic mass is 16.4. The largest absolute Gasteiger partial charge is 0.507 e. The second-order valence-corrected chi connectivity index (χ2v) is 11.7. The number of fused-ring (bicyclic) bond motifs is 2. The Morgan fingerprint density at radius 2 is 1.79 bits per heavy atom. The van der Waals surface area contributed by atoms with Crippen LogP contribution in [0.3, 0.4) is 0 Å². The lowest BCUT2D eigenvalue weighted by Crippen LogP contribution is -2.39. The molecule has 1 fully saturated rings. The van der Waals surface area contributed by atoms with Gasteiger partial charge in [0.25, 0.3) is 0 Å². The first-order chi connectivity index (χ1) is 20.7. The molecule has 2 amide bonds. The van der Waals surface area contributed by atoms with Gasteiger partial charge in [-0.2, -0.15) is 0 Å². The zero-order valence-corrected chi connectivity index (χ0v) is 24.5. The molecule has 3 aromatic carbocycles. The van der Waals surface area contributed by atoms with Crippen molar-refractivity contribution < 1.29 is 35.0 Å². The minimum absolute atomic E-state index is 0.163. The van der Waals surface area contributed by atoms with Crippen molar-refractivity contribution in [3.05, 3.63) is 82.9 Å². The summed E-state index contributed by atoms with van der Waals surface area (Å²) < 4.78 is 0. The molecule has 9 heteroatoms. The molecule has 1 aliphatic heterocycles. The van der Waals surface area contributed by atoms with Crippen molar-refractivity contribution in [1.29, 1.82) is 0 Å². The van der Waals surface area contributed by atoms with Crippen LogP contribution in [-0.4, -0.2) is 57.0 Å². The first-order valence-corrected chi connectivity index (χ1v) is 14.9. The lowest BCUT2D eigenvalue weighted by atomic mass is 9.67. The Morgan fingerprint density at radius 3 is 2.49 bits per heavy atom. The number of hydrogen-bond donors (Lipinski definition) is 5. The standard InChI is InChI=1S/C34H38BNO7/c1-3-7-22-17-27-32(34(41)36(33(27)40)24-9-6-8-23(18-24)35(42)43)28(19-37)31(22)30(39)14-12-20(2)16-21-13-15-29(38)26-11-5-4-10-25(21)26/h4-6,8-11,13,15-16,18,27-28,30,32,37-39,42-43H,3,7,12,14,17,19H2,1-2H3/b20-16+/t27-,28+,30-,32-/m1/s1. The summed E-state index contributed by atoms with van der Waals surface area (Å²) in [5.74, 6) is -2.78. The molecule has 1 saturated heterocycles. The molecule has 2 aliphatic rings. The number of aromatic hydroxyl groups is 1. The molecule has 0 radical (unpaired) electrons. The van der Waals surface area contributed by atoms with Crippen LogP contribution in [0.25, 0.3) is 16.8 Å². The topological polar surface area (TPSA) is 139 Å². The second kappa shape index (κ2) is 12.9. The van der Waals surface area contributed by atoms with E-state index >= 15 is 0 Å². The van der Waals surface area contributed by atoms with Crippen LogP contribution in [0.1, 0.15) is 51.5 Å². The van der Waals surface area contributed by atoms with Gasteiger partial charge in [0.2, 0.25) is 11.8 Å². The number of nitrogens with zero attached hydrogens (tertiary/aromatic N) is 1. The van der Waals surface area contributed by atoms with Crippen LogP contribution < -0.4 is 10.4 Å². The zero-order chi connectivity index (χ0) is 30.8. The van der Waals surface area contributed by atoms with Crippen molar-refractivity contribution >= 4 is 46.9 Å².